The van der Waals surface area contributed by atoms with Gasteiger partial charge in [0.25, 0.3) is 0 Å². The minimum Gasteiger partial charge on any atom is -0.454 e. The summed E-state index contributed by atoms with van der Waals surface area (Å²) < 4.78 is 16.6. The number of ether oxygens (including phenoxy) is 2. The average Bonchev–Trinajstić information content (AvgIpc) is 3.42. The number of fused-ring (bicyclic) bond motifs is 1. The Kier molecular flexibility index (Phi) is 4.57. The number of carbonyl (C=O) groups is 1. The van der Waals surface area contributed by atoms with Crippen molar-refractivity contribution in [3.05, 3.63) is 72.7 Å². The van der Waals surface area contributed by atoms with E-state index in [1.165, 1.54) is 6.33 Å². The normalized spacial score (nSPS) is 12.0. The summed E-state index contributed by atoms with van der Waals surface area (Å²) in [6.45, 7) is 0.133. The molecule has 2 aromatic heterocycles. The van der Waals surface area contributed by atoms with Crippen molar-refractivity contribution in [3.63, 3.8) is 0 Å². The number of amides is 1. The Morgan fingerprint density at radius 3 is 2.77 bits per heavy atom. The number of benzene rings is 2. The summed E-state index contributed by atoms with van der Waals surface area (Å²) in [5.41, 5.74) is 3.18. The van der Waals surface area contributed by atoms with E-state index >= 15 is 0 Å². The van der Waals surface area contributed by atoms with Crippen LogP contribution >= 0.6 is 0 Å². The van der Waals surface area contributed by atoms with Crippen LogP contribution in [0, 0.1) is 0 Å². The Morgan fingerprint density at radius 2 is 1.93 bits per heavy atom. The summed E-state index contributed by atoms with van der Waals surface area (Å²) in [6, 6.07) is 16.7. The number of hydrogen-bond acceptors (Lipinski definition) is 7. The van der Waals surface area contributed by atoms with Crippen LogP contribution in [0.4, 0.5) is 5.88 Å². The summed E-state index contributed by atoms with van der Waals surface area (Å²) in [7, 11) is 0. The Bertz CT molecular complexity index is 1190. The maximum absolute atomic E-state index is 12.6. The molecule has 2 aromatic carbocycles. The fraction of sp³-hybridized carbons (Fsp3) is 0.0909. The zero-order chi connectivity index (χ0) is 20.3. The van der Waals surface area contributed by atoms with Gasteiger partial charge in [0, 0.05) is 6.20 Å². The van der Waals surface area contributed by atoms with Gasteiger partial charge in [-0.05, 0) is 23.8 Å². The minimum atomic E-state index is -0.225. The molecule has 8 heteroatoms. The third-order valence-electron chi connectivity index (χ3n) is 4.64. The minimum absolute atomic E-state index is 0.133. The van der Waals surface area contributed by atoms with Gasteiger partial charge < -0.3 is 14.0 Å². The zero-order valence-electron chi connectivity index (χ0n) is 15.7. The van der Waals surface area contributed by atoms with Gasteiger partial charge >= 0.3 is 0 Å². The van der Waals surface area contributed by atoms with Crippen molar-refractivity contribution in [3.8, 4) is 34.0 Å². The number of anilines is 1. The molecule has 148 valence electrons. The number of carbonyl (C=O) groups excluding carboxylic acids is 1. The van der Waals surface area contributed by atoms with Crippen molar-refractivity contribution in [1.29, 1.82) is 0 Å². The van der Waals surface area contributed by atoms with Gasteiger partial charge in [-0.25, -0.2) is 9.97 Å². The molecule has 5 rings (SSSR count). The molecule has 1 aliphatic rings. The van der Waals surface area contributed by atoms with Gasteiger partial charge in [0.15, 0.2) is 11.5 Å². The van der Waals surface area contributed by atoms with Crippen LogP contribution in [0.5, 0.6) is 11.5 Å². The van der Waals surface area contributed by atoms with Crippen LogP contribution in [0.1, 0.15) is 5.56 Å². The topological polar surface area (TPSA) is 99.4 Å². The Labute approximate surface area is 171 Å². The first-order chi connectivity index (χ1) is 14.8. The van der Waals surface area contributed by atoms with Crippen LogP contribution in [0.25, 0.3) is 22.5 Å². The van der Waals surface area contributed by atoms with E-state index in [-0.39, 0.29) is 25.0 Å². The predicted octanol–water partition coefficient (Wildman–Crippen LogP) is 3.71. The predicted molar refractivity (Wildman–Crippen MR) is 108 cm³/mol. The molecular formula is C22H16N4O4. The third kappa shape index (κ3) is 3.35. The number of rotatable bonds is 5. The van der Waals surface area contributed by atoms with E-state index < -0.39 is 0 Å². The molecule has 0 bridgehead atoms. The molecule has 0 aliphatic carbocycles. The van der Waals surface area contributed by atoms with E-state index in [1.807, 2.05) is 48.5 Å². The summed E-state index contributed by atoms with van der Waals surface area (Å²) in [6.07, 6.45) is 3.25. The number of nitrogens with one attached hydrogen (secondary N) is 1. The lowest BCUT2D eigenvalue weighted by atomic mass is 10.0. The zero-order valence-corrected chi connectivity index (χ0v) is 15.7. The first-order valence-corrected chi connectivity index (χ1v) is 9.28. The van der Waals surface area contributed by atoms with Crippen molar-refractivity contribution >= 4 is 11.8 Å². The van der Waals surface area contributed by atoms with E-state index in [4.69, 9.17) is 14.0 Å². The van der Waals surface area contributed by atoms with Gasteiger partial charge in [-0.15, -0.1) is 0 Å². The fourth-order valence-corrected chi connectivity index (χ4v) is 3.30. The van der Waals surface area contributed by atoms with Crippen LogP contribution < -0.4 is 14.8 Å². The van der Waals surface area contributed by atoms with Gasteiger partial charge in [0.1, 0.15) is 12.0 Å². The molecule has 4 aromatic rings. The van der Waals surface area contributed by atoms with Crippen LogP contribution in [0.3, 0.4) is 0 Å². The highest BCUT2D eigenvalue weighted by molar-refractivity contribution is 5.98. The van der Waals surface area contributed by atoms with Crippen molar-refractivity contribution < 1.29 is 18.8 Å². The molecule has 1 aliphatic heterocycles. The number of hydrogen-bond donors (Lipinski definition) is 1. The Balaban J connectivity index is 1.54. The van der Waals surface area contributed by atoms with Crippen molar-refractivity contribution in [1.82, 2.24) is 15.1 Å². The number of para-hydroxylation sites is 1. The SMILES string of the molecule is O=C(Cc1ccccc1)Nc1onc(-c2cccc3c2OCO3)c1-c1ccncn1. The lowest BCUT2D eigenvalue weighted by Gasteiger charge is -2.07. The number of nitrogens with zero attached hydrogens (tertiary/aromatic N) is 3. The van der Waals surface area contributed by atoms with Crippen LogP contribution in [-0.2, 0) is 11.2 Å². The summed E-state index contributed by atoms with van der Waals surface area (Å²) in [5.74, 6) is 1.18. The Hall–Kier alpha value is -4.20. The lowest BCUT2D eigenvalue weighted by Crippen LogP contribution is -2.14. The summed E-state index contributed by atoms with van der Waals surface area (Å²) in [4.78, 5) is 20.9. The molecule has 8 nitrogen and oxygen atoms in total. The molecule has 0 atom stereocenters. The van der Waals surface area contributed by atoms with Crippen LogP contribution in [0.15, 0.2) is 71.6 Å². The molecule has 3 heterocycles. The maximum atomic E-state index is 12.6. The second-order valence-electron chi connectivity index (χ2n) is 6.58. The van der Waals surface area contributed by atoms with E-state index in [0.29, 0.717) is 34.0 Å². The molecule has 1 amide bonds. The maximum Gasteiger partial charge on any atom is 0.241 e. The average molecular weight is 400 g/mol. The first-order valence-electron chi connectivity index (χ1n) is 9.28. The molecule has 0 saturated carbocycles. The van der Waals surface area contributed by atoms with E-state index in [9.17, 15) is 4.79 Å². The van der Waals surface area contributed by atoms with Gasteiger partial charge in [-0.2, -0.15) is 0 Å². The van der Waals surface area contributed by atoms with Crippen LogP contribution in [0.2, 0.25) is 0 Å². The lowest BCUT2D eigenvalue weighted by molar-refractivity contribution is -0.115. The van der Waals surface area contributed by atoms with E-state index in [0.717, 1.165) is 5.56 Å². The van der Waals surface area contributed by atoms with Gasteiger partial charge in [0.2, 0.25) is 18.6 Å². The second kappa shape index (κ2) is 7.67. The summed E-state index contributed by atoms with van der Waals surface area (Å²) >= 11 is 0. The highest BCUT2D eigenvalue weighted by Gasteiger charge is 2.27. The molecule has 0 saturated heterocycles. The van der Waals surface area contributed by atoms with Crippen molar-refractivity contribution in [2.45, 2.75) is 6.42 Å². The van der Waals surface area contributed by atoms with Gasteiger partial charge in [-0.3, -0.25) is 10.1 Å². The van der Waals surface area contributed by atoms with E-state index in [2.05, 4.69) is 20.4 Å². The molecule has 0 fully saturated rings. The highest BCUT2D eigenvalue weighted by atomic mass is 16.7. The molecule has 1 N–H and O–H groups in total. The quantitative estimate of drug-likeness (QED) is 0.545. The standard InChI is InChI=1S/C22H16N4O4/c27-18(11-14-5-2-1-3-6-14)25-22-19(16-9-10-23-12-24-16)20(26-30-22)15-7-4-8-17-21(15)29-13-28-17/h1-10,12H,11,13H2,(H,25,27). The molecule has 0 unspecified atom stereocenters. The van der Waals surface area contributed by atoms with Crippen molar-refractivity contribution in [2.24, 2.45) is 0 Å². The molecule has 30 heavy (non-hydrogen) atoms. The monoisotopic (exact) mass is 400 g/mol. The van der Waals surface area contributed by atoms with Crippen molar-refractivity contribution in [2.75, 3.05) is 12.1 Å². The second-order valence-corrected chi connectivity index (χ2v) is 6.58. The summed E-state index contributed by atoms with van der Waals surface area (Å²) in [5, 5.41) is 7.03. The third-order valence-corrected chi connectivity index (χ3v) is 4.64. The van der Waals surface area contributed by atoms with Gasteiger partial charge in [0.05, 0.1) is 23.2 Å². The largest absolute Gasteiger partial charge is 0.454 e. The smallest absolute Gasteiger partial charge is 0.241 e. The molecule has 0 spiro atoms. The molecular weight excluding hydrogens is 384 g/mol. The number of aromatic nitrogens is 3. The molecule has 0 radical (unpaired) electrons. The first kappa shape index (κ1) is 17.9. The fourth-order valence-electron chi connectivity index (χ4n) is 3.30. The van der Waals surface area contributed by atoms with Gasteiger partial charge in [-0.1, -0.05) is 41.6 Å². The van der Waals surface area contributed by atoms with E-state index in [1.54, 1.807) is 12.3 Å². The Morgan fingerprint density at radius 1 is 1.03 bits per heavy atom. The highest BCUT2D eigenvalue weighted by Crippen LogP contribution is 2.45. The van der Waals surface area contributed by atoms with Crippen LogP contribution in [-0.4, -0.2) is 27.8 Å².